The van der Waals surface area contributed by atoms with Crippen molar-refractivity contribution in [1.82, 2.24) is 9.88 Å². The SMILES string of the molecule is Cc1cccc(C)c1NC(=O)c1csc(CN2CCOCC2)n1. The quantitative estimate of drug-likeness (QED) is 0.936. The van der Waals surface area contributed by atoms with E-state index in [4.69, 9.17) is 4.74 Å². The third-order valence-corrected chi connectivity index (χ3v) is 4.80. The zero-order chi connectivity index (χ0) is 16.2. The number of rotatable bonds is 4. The molecule has 1 aliphatic rings. The first kappa shape index (κ1) is 16.1. The molecule has 5 nitrogen and oxygen atoms in total. The Hall–Kier alpha value is -1.76. The predicted molar refractivity (Wildman–Crippen MR) is 92.1 cm³/mol. The Bertz CT molecular complexity index is 673. The average Bonchev–Trinajstić information content (AvgIpc) is 3.00. The number of morpholine rings is 1. The molecular formula is C17H21N3O2S. The third kappa shape index (κ3) is 3.96. The van der Waals surface area contributed by atoms with E-state index in [-0.39, 0.29) is 5.91 Å². The molecule has 0 aliphatic carbocycles. The highest BCUT2D eigenvalue weighted by molar-refractivity contribution is 7.09. The fourth-order valence-corrected chi connectivity index (χ4v) is 3.44. The van der Waals surface area contributed by atoms with Crippen LogP contribution in [-0.2, 0) is 11.3 Å². The van der Waals surface area contributed by atoms with Crippen molar-refractivity contribution < 1.29 is 9.53 Å². The van der Waals surface area contributed by atoms with Crippen molar-refractivity contribution >= 4 is 22.9 Å². The van der Waals surface area contributed by atoms with E-state index in [2.05, 4.69) is 15.2 Å². The molecule has 6 heteroatoms. The number of nitrogens with one attached hydrogen (secondary N) is 1. The Balaban J connectivity index is 1.66. The zero-order valence-corrected chi connectivity index (χ0v) is 14.3. The summed E-state index contributed by atoms with van der Waals surface area (Å²) < 4.78 is 5.35. The van der Waals surface area contributed by atoms with Gasteiger partial charge in [0.15, 0.2) is 0 Å². The van der Waals surface area contributed by atoms with E-state index < -0.39 is 0 Å². The number of hydrogen-bond acceptors (Lipinski definition) is 5. The van der Waals surface area contributed by atoms with Gasteiger partial charge in [-0.1, -0.05) is 18.2 Å². The summed E-state index contributed by atoms with van der Waals surface area (Å²) in [5.41, 5.74) is 3.48. The Morgan fingerprint density at radius 1 is 1.30 bits per heavy atom. The lowest BCUT2D eigenvalue weighted by Gasteiger charge is -2.25. The number of carbonyl (C=O) groups is 1. The molecule has 0 bridgehead atoms. The first-order chi connectivity index (χ1) is 11.1. The molecule has 0 radical (unpaired) electrons. The molecule has 1 aliphatic heterocycles. The Labute approximate surface area is 140 Å². The second-order valence-electron chi connectivity index (χ2n) is 5.74. The molecule has 0 saturated carbocycles. The second kappa shape index (κ2) is 7.21. The Morgan fingerprint density at radius 3 is 2.70 bits per heavy atom. The minimum atomic E-state index is -0.146. The van der Waals surface area contributed by atoms with Gasteiger partial charge in [0.1, 0.15) is 10.7 Å². The monoisotopic (exact) mass is 331 g/mol. The largest absolute Gasteiger partial charge is 0.379 e. The van der Waals surface area contributed by atoms with Gasteiger partial charge in [-0.05, 0) is 25.0 Å². The second-order valence-corrected chi connectivity index (χ2v) is 6.68. The molecule has 2 heterocycles. The third-order valence-electron chi connectivity index (χ3n) is 3.97. The van der Waals surface area contributed by atoms with Crippen LogP contribution < -0.4 is 5.32 Å². The lowest BCUT2D eigenvalue weighted by atomic mass is 10.1. The number of carbonyl (C=O) groups excluding carboxylic acids is 1. The summed E-state index contributed by atoms with van der Waals surface area (Å²) in [5.74, 6) is -0.146. The molecule has 0 atom stereocenters. The van der Waals surface area contributed by atoms with Gasteiger partial charge in [0.05, 0.1) is 19.8 Å². The summed E-state index contributed by atoms with van der Waals surface area (Å²) in [5, 5.41) is 5.79. The fraction of sp³-hybridized carbons (Fsp3) is 0.412. The molecule has 1 aromatic carbocycles. The summed E-state index contributed by atoms with van der Waals surface area (Å²) >= 11 is 1.54. The van der Waals surface area contributed by atoms with Gasteiger partial charge in [0.2, 0.25) is 0 Å². The van der Waals surface area contributed by atoms with Crippen molar-refractivity contribution in [2.24, 2.45) is 0 Å². The number of para-hydroxylation sites is 1. The normalized spacial score (nSPS) is 15.6. The minimum absolute atomic E-state index is 0.146. The van der Waals surface area contributed by atoms with Gasteiger partial charge in [-0.3, -0.25) is 9.69 Å². The van der Waals surface area contributed by atoms with Crippen LogP contribution in [-0.4, -0.2) is 42.1 Å². The van der Waals surface area contributed by atoms with E-state index in [1.54, 1.807) is 0 Å². The van der Waals surface area contributed by atoms with Crippen molar-refractivity contribution in [3.63, 3.8) is 0 Å². The molecule has 1 N–H and O–H groups in total. The molecule has 23 heavy (non-hydrogen) atoms. The van der Waals surface area contributed by atoms with Crippen molar-refractivity contribution in [3.05, 3.63) is 45.4 Å². The van der Waals surface area contributed by atoms with Crippen molar-refractivity contribution in [3.8, 4) is 0 Å². The smallest absolute Gasteiger partial charge is 0.275 e. The van der Waals surface area contributed by atoms with Crippen molar-refractivity contribution in [1.29, 1.82) is 0 Å². The molecule has 1 aromatic heterocycles. The van der Waals surface area contributed by atoms with E-state index >= 15 is 0 Å². The maximum atomic E-state index is 12.4. The first-order valence-electron chi connectivity index (χ1n) is 7.75. The van der Waals surface area contributed by atoms with Gasteiger partial charge in [0.25, 0.3) is 5.91 Å². The van der Waals surface area contributed by atoms with Crippen LogP contribution in [0, 0.1) is 13.8 Å². The van der Waals surface area contributed by atoms with Gasteiger partial charge in [0, 0.05) is 24.2 Å². The van der Waals surface area contributed by atoms with Crippen LogP contribution in [0.1, 0.15) is 26.6 Å². The molecule has 122 valence electrons. The van der Waals surface area contributed by atoms with Crippen LogP contribution in [0.4, 0.5) is 5.69 Å². The van der Waals surface area contributed by atoms with Gasteiger partial charge in [-0.15, -0.1) is 11.3 Å². The average molecular weight is 331 g/mol. The number of thiazole rings is 1. The highest BCUT2D eigenvalue weighted by Crippen LogP contribution is 2.21. The topological polar surface area (TPSA) is 54.5 Å². The predicted octanol–water partition coefficient (Wildman–Crippen LogP) is 2.84. The van der Waals surface area contributed by atoms with Crippen LogP contribution in [0.5, 0.6) is 0 Å². The van der Waals surface area contributed by atoms with Crippen LogP contribution in [0.3, 0.4) is 0 Å². The lowest BCUT2D eigenvalue weighted by Crippen LogP contribution is -2.35. The molecular weight excluding hydrogens is 310 g/mol. The van der Waals surface area contributed by atoms with E-state index in [1.165, 1.54) is 11.3 Å². The highest BCUT2D eigenvalue weighted by Gasteiger charge is 2.16. The summed E-state index contributed by atoms with van der Waals surface area (Å²) in [6.45, 7) is 8.15. The zero-order valence-electron chi connectivity index (χ0n) is 13.5. The lowest BCUT2D eigenvalue weighted by molar-refractivity contribution is 0.0341. The Morgan fingerprint density at radius 2 is 2.00 bits per heavy atom. The van der Waals surface area contributed by atoms with Gasteiger partial charge in [-0.25, -0.2) is 4.98 Å². The van der Waals surface area contributed by atoms with E-state index in [0.29, 0.717) is 5.69 Å². The van der Waals surface area contributed by atoms with Gasteiger partial charge in [-0.2, -0.15) is 0 Å². The first-order valence-corrected chi connectivity index (χ1v) is 8.63. The maximum Gasteiger partial charge on any atom is 0.275 e. The number of aromatic nitrogens is 1. The van der Waals surface area contributed by atoms with E-state index in [0.717, 1.165) is 54.7 Å². The summed E-state index contributed by atoms with van der Waals surface area (Å²) in [6, 6.07) is 5.98. The van der Waals surface area contributed by atoms with Crippen LogP contribution >= 0.6 is 11.3 Å². The fourth-order valence-electron chi connectivity index (χ4n) is 2.63. The minimum Gasteiger partial charge on any atom is -0.379 e. The summed E-state index contributed by atoms with van der Waals surface area (Å²) in [7, 11) is 0. The van der Waals surface area contributed by atoms with Crippen LogP contribution in [0.25, 0.3) is 0 Å². The number of hydrogen-bond donors (Lipinski definition) is 1. The maximum absolute atomic E-state index is 12.4. The van der Waals surface area contributed by atoms with Crippen molar-refractivity contribution in [2.45, 2.75) is 20.4 Å². The molecule has 2 aromatic rings. The Kier molecular flexibility index (Phi) is 5.05. The summed E-state index contributed by atoms with van der Waals surface area (Å²) in [4.78, 5) is 19.2. The summed E-state index contributed by atoms with van der Waals surface area (Å²) in [6.07, 6.45) is 0. The number of amides is 1. The number of anilines is 1. The number of aryl methyl sites for hydroxylation is 2. The molecule has 1 fully saturated rings. The van der Waals surface area contributed by atoms with Crippen molar-refractivity contribution in [2.75, 3.05) is 31.6 Å². The van der Waals surface area contributed by atoms with Crippen LogP contribution in [0.2, 0.25) is 0 Å². The van der Waals surface area contributed by atoms with Crippen LogP contribution in [0.15, 0.2) is 23.6 Å². The standard InChI is InChI=1S/C17H21N3O2S/c1-12-4-3-5-13(2)16(12)19-17(21)14-11-23-15(18-14)10-20-6-8-22-9-7-20/h3-5,11H,6-10H2,1-2H3,(H,19,21). The molecule has 0 spiro atoms. The van der Waals surface area contributed by atoms with Gasteiger partial charge < -0.3 is 10.1 Å². The number of nitrogens with zero attached hydrogens (tertiary/aromatic N) is 2. The van der Waals surface area contributed by atoms with Gasteiger partial charge >= 0.3 is 0 Å². The highest BCUT2D eigenvalue weighted by atomic mass is 32.1. The van der Waals surface area contributed by atoms with E-state index in [1.807, 2.05) is 37.4 Å². The number of ether oxygens (including phenoxy) is 1. The molecule has 0 unspecified atom stereocenters. The molecule has 1 amide bonds. The number of benzene rings is 1. The van der Waals surface area contributed by atoms with E-state index in [9.17, 15) is 4.79 Å². The molecule has 3 rings (SSSR count). The molecule has 1 saturated heterocycles.